The quantitative estimate of drug-likeness (QED) is 0.765. The standard InChI is InChI=1S/C10H10Cl2O/c11-6-1-2-7(9(12)5-6)8-3-4-10(8)13/h1-2,5,8,10,13H,3-4H2. The van der Waals surface area contributed by atoms with Crippen LogP contribution < -0.4 is 0 Å². The van der Waals surface area contributed by atoms with Crippen LogP contribution in [0.25, 0.3) is 0 Å². The minimum absolute atomic E-state index is 0.213. The second kappa shape index (κ2) is 3.49. The lowest BCUT2D eigenvalue weighted by atomic mass is 9.77. The van der Waals surface area contributed by atoms with E-state index in [0.717, 1.165) is 18.4 Å². The first-order chi connectivity index (χ1) is 6.18. The molecule has 1 saturated carbocycles. The minimum atomic E-state index is -0.223. The van der Waals surface area contributed by atoms with Gasteiger partial charge in [0.15, 0.2) is 0 Å². The summed E-state index contributed by atoms with van der Waals surface area (Å²) >= 11 is 11.8. The van der Waals surface area contributed by atoms with Crippen molar-refractivity contribution in [2.45, 2.75) is 24.9 Å². The molecule has 13 heavy (non-hydrogen) atoms. The van der Waals surface area contributed by atoms with Crippen LogP contribution in [0.3, 0.4) is 0 Å². The van der Waals surface area contributed by atoms with E-state index in [-0.39, 0.29) is 12.0 Å². The van der Waals surface area contributed by atoms with Gasteiger partial charge >= 0.3 is 0 Å². The van der Waals surface area contributed by atoms with E-state index in [2.05, 4.69) is 0 Å². The molecule has 0 heterocycles. The fourth-order valence-corrected chi connectivity index (χ4v) is 2.20. The first kappa shape index (κ1) is 9.32. The number of rotatable bonds is 1. The van der Waals surface area contributed by atoms with Crippen molar-refractivity contribution in [3.63, 3.8) is 0 Å². The van der Waals surface area contributed by atoms with Crippen molar-refractivity contribution in [3.05, 3.63) is 33.8 Å². The van der Waals surface area contributed by atoms with Crippen LogP contribution >= 0.6 is 23.2 Å². The lowest BCUT2D eigenvalue weighted by Crippen LogP contribution is -2.29. The highest BCUT2D eigenvalue weighted by molar-refractivity contribution is 6.35. The first-order valence-corrected chi connectivity index (χ1v) is 5.07. The zero-order valence-corrected chi connectivity index (χ0v) is 8.52. The Hall–Kier alpha value is -0.240. The molecule has 1 aromatic carbocycles. The maximum absolute atomic E-state index is 9.46. The molecule has 1 aliphatic rings. The molecule has 0 spiro atoms. The molecule has 1 aliphatic carbocycles. The second-order valence-corrected chi connectivity index (χ2v) is 4.26. The van der Waals surface area contributed by atoms with E-state index < -0.39 is 0 Å². The van der Waals surface area contributed by atoms with Gasteiger partial charge in [-0.2, -0.15) is 0 Å². The van der Waals surface area contributed by atoms with Crippen LogP contribution in [-0.4, -0.2) is 11.2 Å². The predicted octanol–water partition coefficient (Wildman–Crippen LogP) is 3.23. The molecule has 1 nitrogen and oxygen atoms in total. The van der Waals surface area contributed by atoms with Gasteiger partial charge in [-0.1, -0.05) is 29.3 Å². The van der Waals surface area contributed by atoms with Crippen LogP contribution in [0.1, 0.15) is 24.3 Å². The smallest absolute Gasteiger partial charge is 0.0609 e. The maximum atomic E-state index is 9.46. The summed E-state index contributed by atoms with van der Waals surface area (Å²) in [5.74, 6) is 0.213. The molecular formula is C10H10Cl2O. The van der Waals surface area contributed by atoms with Crippen molar-refractivity contribution in [2.24, 2.45) is 0 Å². The van der Waals surface area contributed by atoms with Gasteiger partial charge in [0.1, 0.15) is 0 Å². The summed E-state index contributed by atoms with van der Waals surface area (Å²) in [6.45, 7) is 0. The lowest BCUT2D eigenvalue weighted by molar-refractivity contribution is 0.0662. The van der Waals surface area contributed by atoms with Gasteiger partial charge in [0.25, 0.3) is 0 Å². The number of benzene rings is 1. The first-order valence-electron chi connectivity index (χ1n) is 4.31. The van der Waals surface area contributed by atoms with Crippen molar-refractivity contribution in [1.29, 1.82) is 0 Å². The Bertz CT molecular complexity index is 325. The molecule has 0 radical (unpaired) electrons. The van der Waals surface area contributed by atoms with Crippen molar-refractivity contribution in [3.8, 4) is 0 Å². The number of aliphatic hydroxyl groups is 1. The van der Waals surface area contributed by atoms with Crippen LogP contribution in [0.5, 0.6) is 0 Å². The number of hydrogen-bond donors (Lipinski definition) is 1. The molecule has 2 rings (SSSR count). The normalized spacial score (nSPS) is 27.0. The Morgan fingerprint density at radius 2 is 2.00 bits per heavy atom. The zero-order chi connectivity index (χ0) is 9.42. The van der Waals surface area contributed by atoms with Crippen molar-refractivity contribution in [1.82, 2.24) is 0 Å². The average molecular weight is 217 g/mol. The Balaban J connectivity index is 2.30. The number of hydrogen-bond acceptors (Lipinski definition) is 1. The van der Waals surface area contributed by atoms with Crippen molar-refractivity contribution >= 4 is 23.2 Å². The molecule has 1 aromatic rings. The summed E-state index contributed by atoms with van der Waals surface area (Å²) in [5, 5.41) is 10.8. The molecular weight excluding hydrogens is 207 g/mol. The summed E-state index contributed by atoms with van der Waals surface area (Å²) < 4.78 is 0. The topological polar surface area (TPSA) is 20.2 Å². The highest BCUT2D eigenvalue weighted by Crippen LogP contribution is 2.40. The highest BCUT2D eigenvalue weighted by atomic mass is 35.5. The third kappa shape index (κ3) is 1.69. The Kier molecular flexibility index (Phi) is 2.50. The van der Waals surface area contributed by atoms with E-state index in [1.807, 2.05) is 12.1 Å². The largest absolute Gasteiger partial charge is 0.392 e. The van der Waals surface area contributed by atoms with Gasteiger partial charge < -0.3 is 5.11 Å². The molecule has 1 fully saturated rings. The summed E-state index contributed by atoms with van der Waals surface area (Å²) in [6.07, 6.45) is 1.67. The second-order valence-electron chi connectivity index (χ2n) is 3.42. The predicted molar refractivity (Wildman–Crippen MR) is 54.4 cm³/mol. The fraction of sp³-hybridized carbons (Fsp3) is 0.400. The van der Waals surface area contributed by atoms with Gasteiger partial charge in [0.2, 0.25) is 0 Å². The molecule has 70 valence electrons. The number of halogens is 2. The molecule has 2 unspecified atom stereocenters. The Morgan fingerprint density at radius 3 is 2.46 bits per heavy atom. The monoisotopic (exact) mass is 216 g/mol. The van der Waals surface area contributed by atoms with Crippen LogP contribution in [0.4, 0.5) is 0 Å². The van der Waals surface area contributed by atoms with Gasteiger partial charge in [0.05, 0.1) is 6.10 Å². The van der Waals surface area contributed by atoms with Gasteiger partial charge in [0, 0.05) is 16.0 Å². The fourth-order valence-electron chi connectivity index (χ4n) is 1.65. The lowest BCUT2D eigenvalue weighted by Gasteiger charge is -2.33. The summed E-state index contributed by atoms with van der Waals surface area (Å²) in [6, 6.07) is 5.44. The van der Waals surface area contributed by atoms with Gasteiger partial charge in [-0.3, -0.25) is 0 Å². The van der Waals surface area contributed by atoms with Gasteiger partial charge in [-0.05, 0) is 30.5 Å². The van der Waals surface area contributed by atoms with Crippen LogP contribution in [-0.2, 0) is 0 Å². The van der Waals surface area contributed by atoms with E-state index in [0.29, 0.717) is 10.0 Å². The zero-order valence-electron chi connectivity index (χ0n) is 7.00. The Labute approximate surface area is 87.3 Å². The highest BCUT2D eigenvalue weighted by Gasteiger charge is 2.31. The number of aliphatic hydroxyl groups excluding tert-OH is 1. The van der Waals surface area contributed by atoms with E-state index in [1.54, 1.807) is 6.07 Å². The van der Waals surface area contributed by atoms with Crippen LogP contribution in [0, 0.1) is 0 Å². The van der Waals surface area contributed by atoms with E-state index in [9.17, 15) is 5.11 Å². The summed E-state index contributed by atoms with van der Waals surface area (Å²) in [4.78, 5) is 0. The summed E-state index contributed by atoms with van der Waals surface area (Å²) in [5.41, 5.74) is 1.02. The minimum Gasteiger partial charge on any atom is -0.392 e. The molecule has 0 aromatic heterocycles. The molecule has 1 N–H and O–H groups in total. The van der Waals surface area contributed by atoms with E-state index in [4.69, 9.17) is 23.2 Å². The van der Waals surface area contributed by atoms with Crippen molar-refractivity contribution in [2.75, 3.05) is 0 Å². The molecule has 3 heteroatoms. The van der Waals surface area contributed by atoms with Crippen molar-refractivity contribution < 1.29 is 5.11 Å². The molecule has 2 atom stereocenters. The van der Waals surface area contributed by atoms with Gasteiger partial charge in [-0.15, -0.1) is 0 Å². The summed E-state index contributed by atoms with van der Waals surface area (Å²) in [7, 11) is 0. The molecule has 0 bridgehead atoms. The molecule has 0 amide bonds. The third-order valence-electron chi connectivity index (χ3n) is 2.60. The third-order valence-corrected chi connectivity index (χ3v) is 3.16. The van der Waals surface area contributed by atoms with E-state index in [1.165, 1.54) is 0 Å². The molecule has 0 saturated heterocycles. The maximum Gasteiger partial charge on any atom is 0.0609 e. The van der Waals surface area contributed by atoms with Gasteiger partial charge in [-0.25, -0.2) is 0 Å². The van der Waals surface area contributed by atoms with E-state index >= 15 is 0 Å². The SMILES string of the molecule is OC1CCC1c1ccc(Cl)cc1Cl. The Morgan fingerprint density at radius 1 is 1.23 bits per heavy atom. The molecule has 0 aliphatic heterocycles. The average Bonchev–Trinajstić information content (AvgIpc) is 2.07. The van der Waals surface area contributed by atoms with Crippen LogP contribution in [0.2, 0.25) is 10.0 Å². The van der Waals surface area contributed by atoms with Crippen LogP contribution in [0.15, 0.2) is 18.2 Å².